The predicted molar refractivity (Wildman–Crippen MR) is 80.0 cm³/mol. The van der Waals surface area contributed by atoms with Crippen LogP contribution in [0, 0.1) is 12.8 Å². The maximum absolute atomic E-state index is 4.43. The van der Waals surface area contributed by atoms with Crippen molar-refractivity contribution in [2.45, 2.75) is 13.5 Å². The zero-order valence-corrected chi connectivity index (χ0v) is 11.8. The van der Waals surface area contributed by atoms with Gasteiger partial charge in [-0.05, 0) is 24.6 Å². The SMILES string of the molecule is Cc1cnn(CC2CN(c3ncnc4ncccc34)C2)c1. The Kier molecular flexibility index (Phi) is 2.80. The fourth-order valence-corrected chi connectivity index (χ4v) is 2.82. The quantitative estimate of drug-likeness (QED) is 0.730. The summed E-state index contributed by atoms with van der Waals surface area (Å²) in [4.78, 5) is 15.2. The molecule has 1 saturated heterocycles. The van der Waals surface area contributed by atoms with Crippen LogP contribution >= 0.6 is 0 Å². The van der Waals surface area contributed by atoms with Crippen molar-refractivity contribution in [1.29, 1.82) is 0 Å². The molecule has 0 aromatic carbocycles. The Morgan fingerprint density at radius 3 is 2.95 bits per heavy atom. The highest BCUT2D eigenvalue weighted by Crippen LogP contribution is 2.28. The van der Waals surface area contributed by atoms with E-state index in [9.17, 15) is 0 Å². The summed E-state index contributed by atoms with van der Waals surface area (Å²) in [6.07, 6.45) is 7.35. The van der Waals surface area contributed by atoms with Crippen molar-refractivity contribution in [1.82, 2.24) is 24.7 Å². The first-order valence-electron chi connectivity index (χ1n) is 7.09. The lowest BCUT2D eigenvalue weighted by Crippen LogP contribution is -2.49. The summed E-state index contributed by atoms with van der Waals surface area (Å²) < 4.78 is 2.02. The Bertz CT molecular complexity index is 769. The molecule has 0 bridgehead atoms. The first-order valence-corrected chi connectivity index (χ1v) is 7.09. The van der Waals surface area contributed by atoms with Crippen molar-refractivity contribution in [2.24, 2.45) is 5.92 Å². The molecular weight excluding hydrogens is 264 g/mol. The van der Waals surface area contributed by atoms with Crippen molar-refractivity contribution in [2.75, 3.05) is 18.0 Å². The molecule has 0 spiro atoms. The van der Waals surface area contributed by atoms with E-state index in [0.717, 1.165) is 36.5 Å². The van der Waals surface area contributed by atoms with Gasteiger partial charge >= 0.3 is 0 Å². The zero-order chi connectivity index (χ0) is 14.2. The standard InChI is InChI=1S/C15H16N6/c1-11-5-19-21(6-11)9-12-7-20(8-12)15-13-3-2-4-16-14(13)17-10-18-15/h2-6,10,12H,7-9H2,1H3. The Labute approximate surface area is 122 Å². The molecule has 0 atom stereocenters. The molecule has 0 radical (unpaired) electrons. The van der Waals surface area contributed by atoms with E-state index in [4.69, 9.17) is 0 Å². The van der Waals surface area contributed by atoms with Crippen LogP contribution in [0.1, 0.15) is 5.56 Å². The number of fused-ring (bicyclic) bond motifs is 1. The van der Waals surface area contributed by atoms with Gasteiger partial charge in [0.25, 0.3) is 0 Å². The minimum atomic E-state index is 0.617. The van der Waals surface area contributed by atoms with Crippen molar-refractivity contribution in [3.63, 3.8) is 0 Å². The lowest BCUT2D eigenvalue weighted by Gasteiger charge is -2.40. The van der Waals surface area contributed by atoms with Crippen molar-refractivity contribution in [3.8, 4) is 0 Å². The van der Waals surface area contributed by atoms with E-state index in [2.05, 4.69) is 38.1 Å². The Morgan fingerprint density at radius 1 is 1.24 bits per heavy atom. The number of hydrogen-bond donors (Lipinski definition) is 0. The molecule has 3 aromatic heterocycles. The lowest BCUT2D eigenvalue weighted by atomic mass is 10.00. The van der Waals surface area contributed by atoms with E-state index in [1.807, 2.05) is 23.0 Å². The summed E-state index contributed by atoms with van der Waals surface area (Å²) in [5.41, 5.74) is 1.97. The first-order chi connectivity index (χ1) is 10.3. The summed E-state index contributed by atoms with van der Waals surface area (Å²) >= 11 is 0. The number of aryl methyl sites for hydroxylation is 1. The Morgan fingerprint density at radius 2 is 2.14 bits per heavy atom. The van der Waals surface area contributed by atoms with Gasteiger partial charge in [0.2, 0.25) is 0 Å². The summed E-state index contributed by atoms with van der Waals surface area (Å²) in [5, 5.41) is 5.37. The second-order valence-electron chi connectivity index (χ2n) is 5.58. The molecule has 0 aliphatic carbocycles. The summed E-state index contributed by atoms with van der Waals surface area (Å²) in [7, 11) is 0. The van der Waals surface area contributed by atoms with Crippen molar-refractivity contribution in [3.05, 3.63) is 42.6 Å². The van der Waals surface area contributed by atoms with E-state index in [1.54, 1.807) is 12.5 Å². The largest absolute Gasteiger partial charge is 0.355 e. The van der Waals surface area contributed by atoms with E-state index >= 15 is 0 Å². The van der Waals surface area contributed by atoms with E-state index in [0.29, 0.717) is 5.92 Å². The molecule has 4 heterocycles. The van der Waals surface area contributed by atoms with Crippen LogP contribution in [0.15, 0.2) is 37.1 Å². The van der Waals surface area contributed by atoms with Crippen LogP contribution < -0.4 is 4.90 Å². The van der Waals surface area contributed by atoms with Gasteiger partial charge in [0.15, 0.2) is 5.65 Å². The second-order valence-corrected chi connectivity index (χ2v) is 5.58. The van der Waals surface area contributed by atoms with Crippen LogP contribution in [-0.2, 0) is 6.54 Å². The third-order valence-electron chi connectivity index (χ3n) is 3.85. The molecule has 0 N–H and O–H groups in total. The van der Waals surface area contributed by atoms with Crippen molar-refractivity contribution < 1.29 is 0 Å². The van der Waals surface area contributed by atoms with Crippen LogP contribution in [0.4, 0.5) is 5.82 Å². The molecule has 3 aromatic rings. The van der Waals surface area contributed by atoms with E-state index in [1.165, 1.54) is 5.56 Å². The van der Waals surface area contributed by atoms with Crippen molar-refractivity contribution >= 4 is 16.9 Å². The minimum Gasteiger partial charge on any atom is -0.355 e. The Balaban J connectivity index is 1.49. The molecule has 6 nitrogen and oxygen atoms in total. The van der Waals surface area contributed by atoms with Gasteiger partial charge in [-0.1, -0.05) is 0 Å². The third-order valence-corrected chi connectivity index (χ3v) is 3.85. The molecule has 106 valence electrons. The van der Waals surface area contributed by atoms with Crippen LogP contribution in [0.2, 0.25) is 0 Å². The second kappa shape index (κ2) is 4.80. The minimum absolute atomic E-state index is 0.617. The number of hydrogen-bond acceptors (Lipinski definition) is 5. The molecule has 1 aliphatic rings. The maximum Gasteiger partial charge on any atom is 0.164 e. The summed E-state index contributed by atoms with van der Waals surface area (Å²) in [5.74, 6) is 1.60. The molecule has 21 heavy (non-hydrogen) atoms. The summed E-state index contributed by atoms with van der Waals surface area (Å²) in [6, 6.07) is 3.96. The molecule has 0 unspecified atom stereocenters. The molecule has 0 amide bonds. The zero-order valence-electron chi connectivity index (χ0n) is 11.8. The van der Waals surface area contributed by atoms with Gasteiger partial charge in [-0.2, -0.15) is 5.10 Å². The summed E-state index contributed by atoms with van der Waals surface area (Å²) in [6.45, 7) is 5.03. The lowest BCUT2D eigenvalue weighted by molar-refractivity contribution is 0.341. The molecule has 0 saturated carbocycles. The fraction of sp³-hybridized carbons (Fsp3) is 0.333. The van der Waals surface area contributed by atoms with Crippen LogP contribution in [-0.4, -0.2) is 37.8 Å². The number of pyridine rings is 1. The number of anilines is 1. The van der Waals surface area contributed by atoms with Gasteiger partial charge in [-0.25, -0.2) is 15.0 Å². The highest BCUT2D eigenvalue weighted by Gasteiger charge is 2.29. The molecular formula is C15H16N6. The molecule has 4 rings (SSSR count). The smallest absolute Gasteiger partial charge is 0.164 e. The normalized spacial score (nSPS) is 15.4. The number of aromatic nitrogens is 5. The monoisotopic (exact) mass is 280 g/mol. The number of nitrogens with zero attached hydrogens (tertiary/aromatic N) is 6. The van der Waals surface area contributed by atoms with Gasteiger partial charge in [0.1, 0.15) is 12.1 Å². The Hall–Kier alpha value is -2.50. The molecule has 1 aliphatic heterocycles. The van der Waals surface area contributed by atoms with Crippen LogP contribution in [0.5, 0.6) is 0 Å². The van der Waals surface area contributed by atoms with E-state index < -0.39 is 0 Å². The average Bonchev–Trinajstić information content (AvgIpc) is 2.87. The topological polar surface area (TPSA) is 59.7 Å². The highest BCUT2D eigenvalue weighted by atomic mass is 15.3. The van der Waals surface area contributed by atoms with Gasteiger partial charge in [-0.3, -0.25) is 4.68 Å². The van der Waals surface area contributed by atoms with Crippen LogP contribution in [0.25, 0.3) is 11.0 Å². The van der Waals surface area contributed by atoms with Gasteiger partial charge in [0, 0.05) is 37.9 Å². The predicted octanol–water partition coefficient (Wildman–Crippen LogP) is 1.67. The van der Waals surface area contributed by atoms with Gasteiger partial charge in [-0.15, -0.1) is 0 Å². The molecule has 6 heteroatoms. The number of rotatable bonds is 3. The third kappa shape index (κ3) is 2.22. The fourth-order valence-electron chi connectivity index (χ4n) is 2.82. The highest BCUT2D eigenvalue weighted by molar-refractivity contribution is 5.86. The van der Waals surface area contributed by atoms with Gasteiger partial charge in [0.05, 0.1) is 11.6 Å². The molecule has 1 fully saturated rings. The maximum atomic E-state index is 4.43. The average molecular weight is 280 g/mol. The first kappa shape index (κ1) is 12.3. The van der Waals surface area contributed by atoms with Crippen LogP contribution in [0.3, 0.4) is 0 Å². The van der Waals surface area contributed by atoms with E-state index in [-0.39, 0.29) is 0 Å². The van der Waals surface area contributed by atoms with Gasteiger partial charge < -0.3 is 4.90 Å².